The second-order valence-electron chi connectivity index (χ2n) is 4.63. The number of nitrogens with one attached hydrogen (secondary N) is 2. The van der Waals surface area contributed by atoms with Crippen LogP contribution in [0.3, 0.4) is 0 Å². The van der Waals surface area contributed by atoms with Gasteiger partial charge in [0.25, 0.3) is 5.91 Å². The standard InChI is InChI=1S/C15H18N2O3/c1-3-8-16-14(18)10(2)17-15(19)13-9-11-6-4-5-7-12(11)20-13/h4-7,9-10H,3,8H2,1-2H3,(H,16,18)(H,17,19)/t10-/m0/s1. The number of carbonyl (C=O) groups excluding carboxylic acids is 2. The number of para-hydroxylation sites is 1. The zero-order valence-electron chi connectivity index (χ0n) is 11.6. The summed E-state index contributed by atoms with van der Waals surface area (Å²) in [4.78, 5) is 23.7. The lowest BCUT2D eigenvalue weighted by Crippen LogP contribution is -2.44. The molecule has 0 bridgehead atoms. The highest BCUT2D eigenvalue weighted by molar-refractivity contribution is 5.98. The smallest absolute Gasteiger partial charge is 0.287 e. The van der Waals surface area contributed by atoms with Crippen LogP contribution in [0.1, 0.15) is 30.8 Å². The molecule has 0 spiro atoms. The van der Waals surface area contributed by atoms with Crippen molar-refractivity contribution in [3.05, 3.63) is 36.1 Å². The summed E-state index contributed by atoms with van der Waals surface area (Å²) in [5.74, 6) is -0.377. The van der Waals surface area contributed by atoms with E-state index in [1.54, 1.807) is 19.1 Å². The van der Waals surface area contributed by atoms with Crippen LogP contribution in [0.15, 0.2) is 34.7 Å². The number of hydrogen-bond donors (Lipinski definition) is 2. The highest BCUT2D eigenvalue weighted by atomic mass is 16.3. The van der Waals surface area contributed by atoms with Crippen molar-refractivity contribution in [1.82, 2.24) is 10.6 Å². The van der Waals surface area contributed by atoms with Gasteiger partial charge in [0, 0.05) is 11.9 Å². The maximum Gasteiger partial charge on any atom is 0.287 e. The first-order valence-corrected chi connectivity index (χ1v) is 6.69. The third-order valence-corrected chi connectivity index (χ3v) is 2.94. The lowest BCUT2D eigenvalue weighted by Gasteiger charge is -2.12. The maximum absolute atomic E-state index is 12.0. The first kappa shape index (κ1) is 14.1. The van der Waals surface area contributed by atoms with Gasteiger partial charge in [-0.15, -0.1) is 0 Å². The molecule has 0 unspecified atom stereocenters. The maximum atomic E-state index is 12.0. The average Bonchev–Trinajstić information content (AvgIpc) is 2.88. The van der Waals surface area contributed by atoms with Crippen LogP contribution in [0.25, 0.3) is 11.0 Å². The van der Waals surface area contributed by atoms with Crippen LogP contribution in [-0.2, 0) is 4.79 Å². The molecule has 1 atom stereocenters. The number of hydrogen-bond acceptors (Lipinski definition) is 3. The van der Waals surface area contributed by atoms with Crippen LogP contribution in [0.2, 0.25) is 0 Å². The van der Waals surface area contributed by atoms with Gasteiger partial charge >= 0.3 is 0 Å². The summed E-state index contributed by atoms with van der Waals surface area (Å²) in [6, 6.07) is 8.45. The highest BCUT2D eigenvalue weighted by Gasteiger charge is 2.18. The Balaban J connectivity index is 2.02. The largest absolute Gasteiger partial charge is 0.451 e. The SMILES string of the molecule is CCCNC(=O)[C@H](C)NC(=O)c1cc2ccccc2o1. The van der Waals surface area contributed by atoms with E-state index in [9.17, 15) is 9.59 Å². The summed E-state index contributed by atoms with van der Waals surface area (Å²) in [6.07, 6.45) is 0.857. The first-order chi connectivity index (χ1) is 9.61. The van der Waals surface area contributed by atoms with Gasteiger partial charge in [-0.1, -0.05) is 25.1 Å². The molecule has 5 heteroatoms. The van der Waals surface area contributed by atoms with Gasteiger partial charge in [-0.25, -0.2) is 0 Å². The summed E-state index contributed by atoms with van der Waals surface area (Å²) in [6.45, 7) is 4.22. The molecule has 1 aromatic carbocycles. The molecule has 1 aromatic heterocycles. The van der Waals surface area contributed by atoms with Crippen LogP contribution in [0, 0.1) is 0 Å². The number of carbonyl (C=O) groups is 2. The summed E-state index contributed by atoms with van der Waals surface area (Å²) < 4.78 is 5.45. The second-order valence-corrected chi connectivity index (χ2v) is 4.63. The molecule has 20 heavy (non-hydrogen) atoms. The van der Waals surface area contributed by atoms with Crippen molar-refractivity contribution in [2.75, 3.05) is 6.54 Å². The van der Waals surface area contributed by atoms with Crippen molar-refractivity contribution >= 4 is 22.8 Å². The Morgan fingerprint density at radius 2 is 2.05 bits per heavy atom. The zero-order chi connectivity index (χ0) is 14.5. The van der Waals surface area contributed by atoms with E-state index in [1.807, 2.05) is 25.1 Å². The van der Waals surface area contributed by atoms with Crippen molar-refractivity contribution in [3.8, 4) is 0 Å². The Morgan fingerprint density at radius 1 is 1.30 bits per heavy atom. The van der Waals surface area contributed by atoms with Gasteiger partial charge in [0.05, 0.1) is 0 Å². The van der Waals surface area contributed by atoms with E-state index in [4.69, 9.17) is 4.42 Å². The minimum absolute atomic E-state index is 0.198. The summed E-state index contributed by atoms with van der Waals surface area (Å²) >= 11 is 0. The highest BCUT2D eigenvalue weighted by Crippen LogP contribution is 2.18. The molecule has 0 aliphatic rings. The lowest BCUT2D eigenvalue weighted by atomic mass is 10.2. The number of rotatable bonds is 5. The minimum Gasteiger partial charge on any atom is -0.451 e. The quantitative estimate of drug-likeness (QED) is 0.876. The molecule has 2 rings (SSSR count). The average molecular weight is 274 g/mol. The zero-order valence-corrected chi connectivity index (χ0v) is 11.6. The fourth-order valence-corrected chi connectivity index (χ4v) is 1.83. The van der Waals surface area contributed by atoms with Crippen LogP contribution >= 0.6 is 0 Å². The molecular formula is C15H18N2O3. The van der Waals surface area contributed by atoms with Crippen molar-refractivity contribution in [3.63, 3.8) is 0 Å². The summed E-state index contributed by atoms with van der Waals surface area (Å²) in [7, 11) is 0. The van der Waals surface area contributed by atoms with Crippen LogP contribution in [0.4, 0.5) is 0 Å². The predicted octanol–water partition coefficient (Wildman–Crippen LogP) is 2.08. The van der Waals surface area contributed by atoms with E-state index in [0.29, 0.717) is 12.1 Å². The van der Waals surface area contributed by atoms with Crippen molar-refractivity contribution in [1.29, 1.82) is 0 Å². The first-order valence-electron chi connectivity index (χ1n) is 6.69. The topological polar surface area (TPSA) is 71.3 Å². The van der Waals surface area contributed by atoms with Gasteiger partial charge in [0.15, 0.2) is 5.76 Å². The van der Waals surface area contributed by atoms with Gasteiger partial charge in [-0.2, -0.15) is 0 Å². The fourth-order valence-electron chi connectivity index (χ4n) is 1.83. The Labute approximate surface area is 117 Å². The molecule has 2 amide bonds. The molecular weight excluding hydrogens is 256 g/mol. The van der Waals surface area contributed by atoms with Crippen molar-refractivity contribution < 1.29 is 14.0 Å². The lowest BCUT2D eigenvalue weighted by molar-refractivity contribution is -0.122. The van der Waals surface area contributed by atoms with Gasteiger partial charge in [0.1, 0.15) is 11.6 Å². The Hall–Kier alpha value is -2.30. The number of benzene rings is 1. The monoisotopic (exact) mass is 274 g/mol. The number of fused-ring (bicyclic) bond motifs is 1. The molecule has 0 aliphatic heterocycles. The number of amides is 2. The normalized spacial score (nSPS) is 12.1. The third-order valence-electron chi connectivity index (χ3n) is 2.94. The molecule has 5 nitrogen and oxygen atoms in total. The molecule has 0 fully saturated rings. The Kier molecular flexibility index (Phi) is 4.40. The van der Waals surface area contributed by atoms with Crippen LogP contribution in [-0.4, -0.2) is 24.4 Å². The van der Waals surface area contributed by atoms with Gasteiger partial charge in [-0.05, 0) is 25.5 Å². The molecule has 0 saturated carbocycles. The van der Waals surface area contributed by atoms with E-state index in [1.165, 1.54) is 0 Å². The van der Waals surface area contributed by atoms with Crippen molar-refractivity contribution in [2.24, 2.45) is 0 Å². The van der Waals surface area contributed by atoms with Gasteiger partial charge in [0.2, 0.25) is 5.91 Å². The van der Waals surface area contributed by atoms with Crippen LogP contribution in [0.5, 0.6) is 0 Å². The Bertz CT molecular complexity index is 585. The van der Waals surface area contributed by atoms with E-state index in [-0.39, 0.29) is 17.6 Å². The van der Waals surface area contributed by atoms with E-state index < -0.39 is 6.04 Å². The molecule has 2 N–H and O–H groups in total. The fraction of sp³-hybridized carbons (Fsp3) is 0.333. The van der Waals surface area contributed by atoms with E-state index in [2.05, 4.69) is 10.6 Å². The third kappa shape index (κ3) is 3.17. The molecule has 0 saturated heterocycles. The van der Waals surface area contributed by atoms with Crippen molar-refractivity contribution in [2.45, 2.75) is 26.3 Å². The number of furan rings is 1. The minimum atomic E-state index is -0.595. The van der Waals surface area contributed by atoms with E-state index in [0.717, 1.165) is 11.8 Å². The summed E-state index contributed by atoms with van der Waals surface area (Å²) in [5.41, 5.74) is 0.653. The molecule has 106 valence electrons. The second kappa shape index (κ2) is 6.23. The van der Waals surface area contributed by atoms with Crippen LogP contribution < -0.4 is 10.6 Å². The molecule has 0 aliphatic carbocycles. The molecule has 1 heterocycles. The van der Waals surface area contributed by atoms with Gasteiger partial charge in [-0.3, -0.25) is 9.59 Å². The summed E-state index contributed by atoms with van der Waals surface area (Å²) in [5, 5.41) is 6.21. The molecule has 0 radical (unpaired) electrons. The Morgan fingerprint density at radius 3 is 2.75 bits per heavy atom. The predicted molar refractivity (Wildman–Crippen MR) is 76.4 cm³/mol. The van der Waals surface area contributed by atoms with E-state index >= 15 is 0 Å². The molecule has 2 aromatic rings. The van der Waals surface area contributed by atoms with Gasteiger partial charge < -0.3 is 15.1 Å².